The zero-order valence-corrected chi connectivity index (χ0v) is 10.00. The normalized spacial score (nSPS) is 25.1. The van der Waals surface area contributed by atoms with Gasteiger partial charge in [-0.1, -0.05) is 6.42 Å². The van der Waals surface area contributed by atoms with Crippen LogP contribution in [0.1, 0.15) is 44.9 Å². The quantitative estimate of drug-likeness (QED) is 0.554. The van der Waals surface area contributed by atoms with Gasteiger partial charge in [0.2, 0.25) is 5.91 Å². The fourth-order valence-corrected chi connectivity index (χ4v) is 2.31. The monoisotopic (exact) mass is 237 g/mol. The van der Waals surface area contributed by atoms with E-state index in [9.17, 15) is 9.59 Å². The average Bonchev–Trinajstić information content (AvgIpc) is 2.38. The first-order valence-corrected chi connectivity index (χ1v) is 6.40. The minimum Gasteiger partial charge on any atom is -0.355 e. The Balaban J connectivity index is 1.85. The molecule has 0 aromatic heterocycles. The molecule has 1 heterocycles. The Morgan fingerprint density at radius 2 is 2.00 bits per heavy atom. The first-order chi connectivity index (χ1) is 8.27. The standard InChI is InChI=1S/C12H19N3O2/c16-11-10(7-4-8-13-11)12(17)15-14-9-5-2-1-3-6-9/h10H,1-8H2,(H,13,16)(H,15,17)/t10-/m0/s1. The topological polar surface area (TPSA) is 70.6 Å². The highest BCUT2D eigenvalue weighted by molar-refractivity contribution is 6.01. The van der Waals surface area contributed by atoms with Crippen molar-refractivity contribution < 1.29 is 9.59 Å². The van der Waals surface area contributed by atoms with Crippen LogP contribution < -0.4 is 10.7 Å². The van der Waals surface area contributed by atoms with E-state index in [1.807, 2.05) is 0 Å². The zero-order chi connectivity index (χ0) is 12.1. The highest BCUT2D eigenvalue weighted by atomic mass is 16.2. The van der Waals surface area contributed by atoms with Gasteiger partial charge in [0.1, 0.15) is 5.92 Å². The van der Waals surface area contributed by atoms with E-state index in [-0.39, 0.29) is 11.8 Å². The van der Waals surface area contributed by atoms with Gasteiger partial charge in [-0.3, -0.25) is 9.59 Å². The SMILES string of the molecule is O=C1NCCC[C@@H]1C(=O)NN=C1CCCCC1. The lowest BCUT2D eigenvalue weighted by Crippen LogP contribution is -2.44. The summed E-state index contributed by atoms with van der Waals surface area (Å²) in [5, 5.41) is 6.83. The Labute approximate surface area is 101 Å². The first-order valence-electron chi connectivity index (χ1n) is 6.40. The number of rotatable bonds is 2. The number of amides is 2. The Morgan fingerprint density at radius 1 is 1.24 bits per heavy atom. The second-order valence-corrected chi connectivity index (χ2v) is 4.70. The van der Waals surface area contributed by atoms with Crippen LogP contribution in [0.3, 0.4) is 0 Å². The molecule has 0 aromatic rings. The lowest BCUT2D eigenvalue weighted by molar-refractivity contribution is -0.136. The van der Waals surface area contributed by atoms with Crippen molar-refractivity contribution in [3.63, 3.8) is 0 Å². The molecule has 5 heteroatoms. The number of piperidine rings is 1. The molecule has 1 saturated heterocycles. The van der Waals surface area contributed by atoms with Gasteiger partial charge in [0.25, 0.3) is 5.91 Å². The van der Waals surface area contributed by atoms with Crippen molar-refractivity contribution in [3.8, 4) is 0 Å². The third-order valence-electron chi connectivity index (χ3n) is 3.36. The second-order valence-electron chi connectivity index (χ2n) is 4.70. The predicted molar refractivity (Wildman–Crippen MR) is 64.4 cm³/mol. The van der Waals surface area contributed by atoms with Crippen LogP contribution in [0.25, 0.3) is 0 Å². The van der Waals surface area contributed by atoms with Crippen molar-refractivity contribution in [1.29, 1.82) is 0 Å². The Bertz CT molecular complexity index is 331. The fraction of sp³-hybridized carbons (Fsp3) is 0.750. The molecule has 0 spiro atoms. The lowest BCUT2D eigenvalue weighted by Gasteiger charge is -2.20. The van der Waals surface area contributed by atoms with Crippen molar-refractivity contribution in [1.82, 2.24) is 10.7 Å². The Hall–Kier alpha value is -1.39. The van der Waals surface area contributed by atoms with Gasteiger partial charge in [0.05, 0.1) is 0 Å². The predicted octanol–water partition coefficient (Wildman–Crippen LogP) is 0.949. The molecule has 0 aromatic carbocycles. The fourth-order valence-electron chi connectivity index (χ4n) is 2.31. The summed E-state index contributed by atoms with van der Waals surface area (Å²) in [6, 6.07) is 0. The number of hydrogen-bond acceptors (Lipinski definition) is 3. The maximum absolute atomic E-state index is 11.8. The van der Waals surface area contributed by atoms with E-state index in [2.05, 4.69) is 15.8 Å². The molecule has 0 radical (unpaired) electrons. The molecule has 1 saturated carbocycles. The number of nitrogens with zero attached hydrogens (tertiary/aromatic N) is 1. The highest BCUT2D eigenvalue weighted by Gasteiger charge is 2.28. The zero-order valence-electron chi connectivity index (χ0n) is 10.00. The van der Waals surface area contributed by atoms with Crippen LogP contribution in [0.15, 0.2) is 5.10 Å². The number of nitrogens with one attached hydrogen (secondary N) is 2. The lowest BCUT2D eigenvalue weighted by atomic mass is 9.98. The Morgan fingerprint density at radius 3 is 2.71 bits per heavy atom. The molecule has 94 valence electrons. The molecule has 0 bridgehead atoms. The first kappa shape index (κ1) is 12.1. The molecule has 1 aliphatic heterocycles. The van der Waals surface area contributed by atoms with Gasteiger partial charge in [0, 0.05) is 12.3 Å². The Kier molecular flexibility index (Phi) is 4.12. The largest absolute Gasteiger partial charge is 0.355 e. The summed E-state index contributed by atoms with van der Waals surface area (Å²) >= 11 is 0. The van der Waals surface area contributed by atoms with Crippen molar-refractivity contribution in [3.05, 3.63) is 0 Å². The third kappa shape index (κ3) is 3.28. The van der Waals surface area contributed by atoms with Crippen molar-refractivity contribution in [2.45, 2.75) is 44.9 Å². The van der Waals surface area contributed by atoms with E-state index in [1.165, 1.54) is 6.42 Å². The molecule has 1 aliphatic carbocycles. The number of hydrogen-bond donors (Lipinski definition) is 2. The minimum atomic E-state index is -0.559. The van der Waals surface area contributed by atoms with Gasteiger partial charge in [-0.05, 0) is 38.5 Å². The summed E-state index contributed by atoms with van der Waals surface area (Å²) in [5.41, 5.74) is 3.60. The summed E-state index contributed by atoms with van der Waals surface area (Å²) in [5.74, 6) is -0.991. The van der Waals surface area contributed by atoms with Gasteiger partial charge in [-0.2, -0.15) is 5.10 Å². The van der Waals surface area contributed by atoms with E-state index in [0.29, 0.717) is 13.0 Å². The third-order valence-corrected chi connectivity index (χ3v) is 3.36. The summed E-state index contributed by atoms with van der Waals surface area (Å²) in [7, 11) is 0. The highest BCUT2D eigenvalue weighted by Crippen LogP contribution is 2.15. The molecule has 2 fully saturated rings. The van der Waals surface area contributed by atoms with Crippen molar-refractivity contribution >= 4 is 17.5 Å². The second kappa shape index (κ2) is 5.80. The summed E-state index contributed by atoms with van der Waals surface area (Å²) in [4.78, 5) is 23.2. The van der Waals surface area contributed by atoms with Crippen LogP contribution in [0.4, 0.5) is 0 Å². The van der Waals surface area contributed by atoms with Crippen LogP contribution >= 0.6 is 0 Å². The maximum atomic E-state index is 11.8. The molecule has 2 rings (SSSR count). The molecular formula is C12H19N3O2. The van der Waals surface area contributed by atoms with E-state index in [4.69, 9.17) is 0 Å². The van der Waals surface area contributed by atoms with Crippen LogP contribution in [0, 0.1) is 5.92 Å². The van der Waals surface area contributed by atoms with Crippen LogP contribution in [0.2, 0.25) is 0 Å². The van der Waals surface area contributed by atoms with E-state index < -0.39 is 5.92 Å². The number of carbonyl (C=O) groups excluding carboxylic acids is 2. The molecule has 1 atom stereocenters. The smallest absolute Gasteiger partial charge is 0.252 e. The average molecular weight is 237 g/mol. The summed E-state index contributed by atoms with van der Waals surface area (Å²) < 4.78 is 0. The van der Waals surface area contributed by atoms with Gasteiger partial charge < -0.3 is 5.32 Å². The molecule has 0 unspecified atom stereocenters. The van der Waals surface area contributed by atoms with Crippen molar-refractivity contribution in [2.75, 3.05) is 6.54 Å². The molecule has 5 nitrogen and oxygen atoms in total. The number of carbonyl (C=O) groups is 2. The van der Waals surface area contributed by atoms with Gasteiger partial charge >= 0.3 is 0 Å². The van der Waals surface area contributed by atoms with E-state index >= 15 is 0 Å². The molecular weight excluding hydrogens is 218 g/mol. The molecule has 2 amide bonds. The molecule has 17 heavy (non-hydrogen) atoms. The van der Waals surface area contributed by atoms with Gasteiger partial charge in [-0.15, -0.1) is 0 Å². The van der Waals surface area contributed by atoms with Crippen LogP contribution in [-0.2, 0) is 9.59 Å². The van der Waals surface area contributed by atoms with Crippen LogP contribution in [0.5, 0.6) is 0 Å². The summed E-state index contributed by atoms with van der Waals surface area (Å²) in [6.45, 7) is 0.678. The van der Waals surface area contributed by atoms with E-state index in [0.717, 1.165) is 37.8 Å². The van der Waals surface area contributed by atoms with E-state index in [1.54, 1.807) is 0 Å². The maximum Gasteiger partial charge on any atom is 0.252 e. The van der Waals surface area contributed by atoms with Crippen molar-refractivity contribution in [2.24, 2.45) is 11.0 Å². The van der Waals surface area contributed by atoms with Gasteiger partial charge in [0.15, 0.2) is 0 Å². The molecule has 2 aliphatic rings. The minimum absolute atomic E-state index is 0.169. The van der Waals surface area contributed by atoms with Crippen LogP contribution in [-0.4, -0.2) is 24.1 Å². The summed E-state index contributed by atoms with van der Waals surface area (Å²) in [6.07, 6.45) is 6.98. The number of hydrazone groups is 1. The van der Waals surface area contributed by atoms with Gasteiger partial charge in [-0.25, -0.2) is 5.43 Å². The molecule has 2 N–H and O–H groups in total.